The first-order valence-electron chi connectivity index (χ1n) is 6.58. The zero-order valence-electron chi connectivity index (χ0n) is 11.2. The maximum atomic E-state index is 13.4. The smallest absolute Gasteiger partial charge is 0.255 e. The van der Waals surface area contributed by atoms with Crippen LogP contribution in [0, 0.1) is 17.7 Å². The van der Waals surface area contributed by atoms with Gasteiger partial charge in [-0.05, 0) is 30.4 Å². The molecule has 0 aromatic heterocycles. The number of hydrogen-bond donors (Lipinski definition) is 1. The lowest BCUT2D eigenvalue weighted by molar-refractivity contribution is 0.0768. The summed E-state index contributed by atoms with van der Waals surface area (Å²) in [4.78, 5) is 14.3. The first kappa shape index (κ1) is 14.9. The molecule has 106 valence electrons. The molecule has 1 aromatic carbocycles. The van der Waals surface area contributed by atoms with Gasteiger partial charge in [0.2, 0.25) is 0 Å². The summed E-state index contributed by atoms with van der Waals surface area (Å²) in [6.07, 6.45) is 0.968. The molecule has 0 unspecified atom stereocenters. The van der Waals surface area contributed by atoms with Gasteiger partial charge in [0.25, 0.3) is 5.91 Å². The maximum Gasteiger partial charge on any atom is 0.255 e. The van der Waals surface area contributed by atoms with Gasteiger partial charge in [0.05, 0.1) is 12.1 Å². The van der Waals surface area contributed by atoms with Gasteiger partial charge in [-0.3, -0.25) is 4.79 Å². The summed E-state index contributed by atoms with van der Waals surface area (Å²) in [5.41, 5.74) is 6.22. The van der Waals surface area contributed by atoms with Gasteiger partial charge in [-0.1, -0.05) is 11.8 Å². The summed E-state index contributed by atoms with van der Waals surface area (Å²) in [5, 5.41) is 0. The summed E-state index contributed by atoms with van der Waals surface area (Å²) in [5.74, 6) is 6.97. The Hall–Kier alpha value is -1.51. The number of hydrogen-bond acceptors (Lipinski definition) is 3. The van der Waals surface area contributed by atoms with E-state index in [9.17, 15) is 9.18 Å². The zero-order valence-corrected chi connectivity index (χ0v) is 12.0. The quantitative estimate of drug-likeness (QED) is 0.802. The molecule has 0 aliphatic carbocycles. The standard InChI is InChI=1S/C15H17FN2OS/c16-13-5-4-12(3-1-6-17)14(11-13)15(19)18-7-2-9-20-10-8-18/h4-5,11H,2,6-10,17H2. The summed E-state index contributed by atoms with van der Waals surface area (Å²) in [7, 11) is 0. The zero-order chi connectivity index (χ0) is 14.4. The highest BCUT2D eigenvalue weighted by molar-refractivity contribution is 7.99. The van der Waals surface area contributed by atoms with Gasteiger partial charge >= 0.3 is 0 Å². The second-order valence-corrected chi connectivity index (χ2v) is 5.68. The van der Waals surface area contributed by atoms with Crippen molar-refractivity contribution in [1.82, 2.24) is 4.90 Å². The Morgan fingerprint density at radius 3 is 3.05 bits per heavy atom. The fraction of sp³-hybridized carbons (Fsp3) is 0.400. The number of thioether (sulfide) groups is 1. The van der Waals surface area contributed by atoms with E-state index in [-0.39, 0.29) is 12.5 Å². The fourth-order valence-electron chi connectivity index (χ4n) is 2.07. The minimum absolute atomic E-state index is 0.145. The molecule has 1 aromatic rings. The van der Waals surface area contributed by atoms with Crippen molar-refractivity contribution < 1.29 is 9.18 Å². The third-order valence-corrected chi connectivity index (χ3v) is 4.10. The van der Waals surface area contributed by atoms with Crippen LogP contribution in [-0.4, -0.2) is 41.9 Å². The molecule has 1 amide bonds. The van der Waals surface area contributed by atoms with Gasteiger partial charge in [-0.25, -0.2) is 4.39 Å². The molecule has 0 spiro atoms. The Kier molecular flexibility index (Phi) is 5.45. The van der Waals surface area contributed by atoms with Gasteiger partial charge in [0.1, 0.15) is 5.82 Å². The predicted octanol–water partition coefficient (Wildman–Crippen LogP) is 1.72. The third-order valence-electron chi connectivity index (χ3n) is 3.05. The summed E-state index contributed by atoms with van der Waals surface area (Å²) in [6, 6.07) is 4.12. The molecule has 1 saturated heterocycles. The highest BCUT2D eigenvalue weighted by atomic mass is 32.2. The molecule has 2 rings (SSSR count). The van der Waals surface area contributed by atoms with Crippen molar-refractivity contribution in [3.05, 3.63) is 35.1 Å². The van der Waals surface area contributed by atoms with Crippen LogP contribution in [0.15, 0.2) is 18.2 Å². The Morgan fingerprint density at radius 2 is 2.25 bits per heavy atom. The third kappa shape index (κ3) is 3.75. The van der Waals surface area contributed by atoms with Gasteiger partial charge < -0.3 is 10.6 Å². The Labute approximate surface area is 122 Å². The molecule has 2 N–H and O–H groups in total. The van der Waals surface area contributed by atoms with Gasteiger partial charge in [0, 0.05) is 24.4 Å². The molecule has 3 nitrogen and oxygen atoms in total. The molecular formula is C15H17FN2OS. The van der Waals surface area contributed by atoms with Crippen LogP contribution in [0.2, 0.25) is 0 Å². The minimum Gasteiger partial charge on any atom is -0.338 e. The molecule has 1 heterocycles. The lowest BCUT2D eigenvalue weighted by Crippen LogP contribution is -2.33. The van der Waals surface area contributed by atoms with Crippen molar-refractivity contribution in [2.75, 3.05) is 31.1 Å². The SMILES string of the molecule is NCC#Cc1ccc(F)cc1C(=O)N1CCCSCC1. The number of nitrogens with zero attached hydrogens (tertiary/aromatic N) is 1. The van der Waals surface area contributed by atoms with E-state index in [1.54, 1.807) is 4.90 Å². The molecule has 0 radical (unpaired) electrons. The van der Waals surface area contributed by atoms with Crippen molar-refractivity contribution in [1.29, 1.82) is 0 Å². The average Bonchev–Trinajstić information content (AvgIpc) is 2.74. The Balaban J connectivity index is 2.29. The molecule has 0 atom stereocenters. The second-order valence-electron chi connectivity index (χ2n) is 4.45. The Morgan fingerprint density at radius 1 is 1.40 bits per heavy atom. The summed E-state index contributed by atoms with van der Waals surface area (Å²) in [6.45, 7) is 1.63. The monoisotopic (exact) mass is 292 g/mol. The van der Waals surface area contributed by atoms with Crippen LogP contribution in [-0.2, 0) is 0 Å². The lowest BCUT2D eigenvalue weighted by Gasteiger charge is -2.20. The van der Waals surface area contributed by atoms with Crippen LogP contribution in [0.25, 0.3) is 0 Å². The van der Waals surface area contributed by atoms with Crippen LogP contribution in [0.4, 0.5) is 4.39 Å². The first-order valence-corrected chi connectivity index (χ1v) is 7.73. The second kappa shape index (κ2) is 7.32. The number of carbonyl (C=O) groups is 1. The average molecular weight is 292 g/mol. The molecule has 1 fully saturated rings. The van der Waals surface area contributed by atoms with Crippen LogP contribution in [0.5, 0.6) is 0 Å². The topological polar surface area (TPSA) is 46.3 Å². The number of nitrogens with two attached hydrogens (primary N) is 1. The number of amides is 1. The van der Waals surface area contributed by atoms with Crippen LogP contribution >= 0.6 is 11.8 Å². The maximum absolute atomic E-state index is 13.4. The van der Waals surface area contributed by atoms with E-state index in [4.69, 9.17) is 5.73 Å². The van der Waals surface area contributed by atoms with Crippen LogP contribution in [0.3, 0.4) is 0 Å². The van der Waals surface area contributed by atoms with E-state index in [1.165, 1.54) is 18.2 Å². The Bertz CT molecular complexity index is 543. The minimum atomic E-state index is -0.421. The van der Waals surface area contributed by atoms with Crippen molar-refractivity contribution in [2.24, 2.45) is 5.73 Å². The highest BCUT2D eigenvalue weighted by Gasteiger charge is 2.20. The summed E-state index contributed by atoms with van der Waals surface area (Å²) < 4.78 is 13.4. The molecule has 0 saturated carbocycles. The molecule has 5 heteroatoms. The van der Waals surface area contributed by atoms with E-state index in [1.807, 2.05) is 11.8 Å². The van der Waals surface area contributed by atoms with E-state index in [0.717, 1.165) is 17.9 Å². The van der Waals surface area contributed by atoms with E-state index >= 15 is 0 Å². The highest BCUT2D eigenvalue weighted by Crippen LogP contribution is 2.17. The van der Waals surface area contributed by atoms with Gasteiger partial charge in [0.15, 0.2) is 0 Å². The van der Waals surface area contributed by atoms with Gasteiger partial charge in [-0.15, -0.1) is 0 Å². The normalized spacial score (nSPS) is 15.2. The molecule has 1 aliphatic heterocycles. The van der Waals surface area contributed by atoms with E-state index < -0.39 is 5.82 Å². The van der Waals surface area contributed by atoms with Crippen LogP contribution in [0.1, 0.15) is 22.3 Å². The molecular weight excluding hydrogens is 275 g/mol. The molecule has 0 bridgehead atoms. The summed E-state index contributed by atoms with van der Waals surface area (Å²) >= 11 is 1.84. The number of rotatable bonds is 1. The molecule has 1 aliphatic rings. The van der Waals surface area contributed by atoms with Crippen molar-refractivity contribution in [3.8, 4) is 11.8 Å². The molecule has 20 heavy (non-hydrogen) atoms. The van der Waals surface area contributed by atoms with Gasteiger partial charge in [-0.2, -0.15) is 11.8 Å². The fourth-order valence-corrected chi connectivity index (χ4v) is 2.96. The van der Waals surface area contributed by atoms with Crippen LogP contribution < -0.4 is 5.73 Å². The van der Waals surface area contributed by atoms with Crippen molar-refractivity contribution in [3.63, 3.8) is 0 Å². The number of carbonyl (C=O) groups excluding carboxylic acids is 1. The predicted molar refractivity (Wildman–Crippen MR) is 80.2 cm³/mol. The number of benzene rings is 1. The lowest BCUT2D eigenvalue weighted by atomic mass is 10.1. The van der Waals surface area contributed by atoms with Crippen molar-refractivity contribution in [2.45, 2.75) is 6.42 Å². The van der Waals surface area contributed by atoms with E-state index in [0.29, 0.717) is 24.2 Å². The first-order chi connectivity index (χ1) is 9.72. The van der Waals surface area contributed by atoms with Crippen molar-refractivity contribution >= 4 is 17.7 Å². The largest absolute Gasteiger partial charge is 0.338 e. The number of halogens is 1. The van der Waals surface area contributed by atoms with E-state index in [2.05, 4.69) is 11.8 Å².